The van der Waals surface area contributed by atoms with Gasteiger partial charge in [-0.25, -0.2) is 0 Å². The molecule has 1 amide bonds. The summed E-state index contributed by atoms with van der Waals surface area (Å²) in [5.41, 5.74) is 5.75. The first kappa shape index (κ1) is 9.89. The van der Waals surface area contributed by atoms with Crippen LogP contribution in [0.15, 0.2) is 0 Å². The summed E-state index contributed by atoms with van der Waals surface area (Å²) in [5.74, 6) is -0.174. The minimum atomic E-state index is -0.363. The predicted molar refractivity (Wildman–Crippen MR) is 49.5 cm³/mol. The van der Waals surface area contributed by atoms with Crippen LogP contribution >= 0.6 is 0 Å². The summed E-state index contributed by atoms with van der Waals surface area (Å²) in [4.78, 5) is 13.5. The van der Waals surface area contributed by atoms with Crippen LogP contribution in [0, 0.1) is 5.92 Å². The van der Waals surface area contributed by atoms with Gasteiger partial charge < -0.3 is 20.5 Å². The maximum atomic E-state index is 11.9. The van der Waals surface area contributed by atoms with Crippen molar-refractivity contribution in [2.75, 3.05) is 26.3 Å². The number of hydrogen-bond donors (Lipinski definition) is 2. The highest BCUT2D eigenvalue weighted by Crippen LogP contribution is 2.18. The molecule has 5 nitrogen and oxygen atoms in total. The zero-order valence-corrected chi connectivity index (χ0v) is 8.06. The van der Waals surface area contributed by atoms with Crippen LogP contribution in [0.25, 0.3) is 0 Å². The molecule has 0 radical (unpaired) electrons. The topological polar surface area (TPSA) is 75.8 Å². The lowest BCUT2D eigenvalue weighted by atomic mass is 10.0. The number of nitrogens with two attached hydrogens (primary N) is 1. The molecule has 14 heavy (non-hydrogen) atoms. The molecule has 2 heterocycles. The smallest absolute Gasteiger partial charge is 0.229 e. The standard InChI is InChI=1S/C9H16N2O3/c10-8-5-14-4-7(8)9(13)11-2-1-6(12)3-11/h6-8,12H,1-5,10H2/t6-,7?,8?/m0/s1. The van der Waals surface area contributed by atoms with Crippen LogP contribution in [-0.2, 0) is 9.53 Å². The molecule has 0 bridgehead atoms. The fraction of sp³-hybridized carbons (Fsp3) is 0.889. The van der Waals surface area contributed by atoms with Gasteiger partial charge in [0.05, 0.1) is 25.2 Å². The molecule has 2 fully saturated rings. The second-order valence-corrected chi connectivity index (χ2v) is 4.03. The Labute approximate surface area is 82.8 Å². The van der Waals surface area contributed by atoms with E-state index in [0.29, 0.717) is 32.7 Å². The van der Waals surface area contributed by atoms with E-state index < -0.39 is 0 Å². The number of rotatable bonds is 1. The zero-order valence-electron chi connectivity index (χ0n) is 8.06. The van der Waals surface area contributed by atoms with Gasteiger partial charge in [-0.15, -0.1) is 0 Å². The highest BCUT2D eigenvalue weighted by molar-refractivity contribution is 5.80. The number of hydrogen-bond acceptors (Lipinski definition) is 4. The molecule has 3 atom stereocenters. The van der Waals surface area contributed by atoms with Gasteiger partial charge in [-0.2, -0.15) is 0 Å². The van der Waals surface area contributed by atoms with Crippen molar-refractivity contribution in [2.45, 2.75) is 18.6 Å². The summed E-state index contributed by atoms with van der Waals surface area (Å²) < 4.78 is 5.14. The van der Waals surface area contributed by atoms with Crippen molar-refractivity contribution in [3.8, 4) is 0 Å². The van der Waals surface area contributed by atoms with Crippen LogP contribution in [0.1, 0.15) is 6.42 Å². The van der Waals surface area contributed by atoms with E-state index in [-0.39, 0.29) is 24.0 Å². The number of aliphatic hydroxyl groups excluding tert-OH is 1. The lowest BCUT2D eigenvalue weighted by Crippen LogP contribution is -2.42. The number of ether oxygens (including phenoxy) is 1. The molecule has 0 aromatic heterocycles. The zero-order chi connectivity index (χ0) is 10.1. The number of carbonyl (C=O) groups is 1. The highest BCUT2D eigenvalue weighted by Gasteiger charge is 2.36. The van der Waals surface area contributed by atoms with Gasteiger partial charge in [0.15, 0.2) is 0 Å². The van der Waals surface area contributed by atoms with Crippen LogP contribution in [-0.4, -0.2) is 54.4 Å². The average Bonchev–Trinajstić information content (AvgIpc) is 2.73. The number of aliphatic hydroxyl groups is 1. The molecule has 3 N–H and O–H groups in total. The Morgan fingerprint density at radius 2 is 2.29 bits per heavy atom. The van der Waals surface area contributed by atoms with E-state index in [1.54, 1.807) is 4.90 Å². The Hall–Kier alpha value is -0.650. The number of nitrogens with zero attached hydrogens (tertiary/aromatic N) is 1. The monoisotopic (exact) mass is 200 g/mol. The van der Waals surface area contributed by atoms with E-state index in [4.69, 9.17) is 10.5 Å². The van der Waals surface area contributed by atoms with Crippen molar-refractivity contribution >= 4 is 5.91 Å². The Morgan fingerprint density at radius 1 is 1.50 bits per heavy atom. The van der Waals surface area contributed by atoms with Crippen molar-refractivity contribution in [3.05, 3.63) is 0 Å². The molecule has 80 valence electrons. The molecule has 0 spiro atoms. The third-order valence-electron chi connectivity index (χ3n) is 2.92. The molecule has 2 rings (SSSR count). The molecular weight excluding hydrogens is 184 g/mol. The summed E-state index contributed by atoms with van der Waals surface area (Å²) in [7, 11) is 0. The Balaban J connectivity index is 1.94. The fourth-order valence-corrected chi connectivity index (χ4v) is 2.00. The average molecular weight is 200 g/mol. The SMILES string of the molecule is NC1COCC1C(=O)N1CC[C@H](O)C1. The van der Waals surface area contributed by atoms with Crippen molar-refractivity contribution in [1.82, 2.24) is 4.90 Å². The van der Waals surface area contributed by atoms with Gasteiger partial charge in [0.1, 0.15) is 0 Å². The Bertz CT molecular complexity index is 234. The molecule has 2 aliphatic rings. The fourth-order valence-electron chi connectivity index (χ4n) is 2.00. The van der Waals surface area contributed by atoms with Gasteiger partial charge in [-0.3, -0.25) is 4.79 Å². The summed E-state index contributed by atoms with van der Waals surface area (Å²) in [6.07, 6.45) is 0.312. The van der Waals surface area contributed by atoms with Crippen molar-refractivity contribution < 1.29 is 14.6 Å². The molecule has 5 heteroatoms. The predicted octanol–water partition coefficient (Wildman–Crippen LogP) is -1.45. The molecule has 2 aliphatic heterocycles. The maximum absolute atomic E-state index is 11.9. The second kappa shape index (κ2) is 3.84. The van der Waals surface area contributed by atoms with Crippen molar-refractivity contribution in [3.63, 3.8) is 0 Å². The van der Waals surface area contributed by atoms with Gasteiger partial charge in [0.2, 0.25) is 5.91 Å². The number of β-amino-alcohol motifs (C(OH)–C–C–N with tert-alkyl or cyclic N) is 1. The van der Waals surface area contributed by atoms with E-state index in [9.17, 15) is 9.90 Å². The first-order valence-electron chi connectivity index (χ1n) is 4.98. The largest absolute Gasteiger partial charge is 0.391 e. The first-order chi connectivity index (χ1) is 6.68. The third-order valence-corrected chi connectivity index (χ3v) is 2.92. The van der Waals surface area contributed by atoms with Crippen molar-refractivity contribution in [2.24, 2.45) is 11.7 Å². The molecule has 0 aromatic carbocycles. The molecule has 2 unspecified atom stereocenters. The van der Waals surface area contributed by atoms with Crippen molar-refractivity contribution in [1.29, 1.82) is 0 Å². The van der Waals surface area contributed by atoms with Gasteiger partial charge in [-0.1, -0.05) is 0 Å². The van der Waals surface area contributed by atoms with E-state index in [0.717, 1.165) is 0 Å². The molecule has 2 saturated heterocycles. The number of likely N-dealkylation sites (tertiary alicyclic amines) is 1. The lowest BCUT2D eigenvalue weighted by Gasteiger charge is -2.21. The summed E-state index contributed by atoms with van der Waals surface area (Å²) in [5, 5.41) is 9.30. The molecule has 0 saturated carbocycles. The van der Waals surface area contributed by atoms with Gasteiger partial charge in [-0.05, 0) is 6.42 Å². The molecule has 0 aromatic rings. The third kappa shape index (κ3) is 1.75. The van der Waals surface area contributed by atoms with Crippen LogP contribution < -0.4 is 5.73 Å². The quantitative estimate of drug-likeness (QED) is 0.543. The summed E-state index contributed by atoms with van der Waals surface area (Å²) in [6.45, 7) is 1.98. The molecular formula is C9H16N2O3. The van der Waals surface area contributed by atoms with Crippen LogP contribution in [0.3, 0.4) is 0 Å². The van der Waals surface area contributed by atoms with Crippen LogP contribution in [0.5, 0.6) is 0 Å². The molecule has 0 aliphatic carbocycles. The van der Waals surface area contributed by atoms with Gasteiger partial charge >= 0.3 is 0 Å². The van der Waals surface area contributed by atoms with E-state index in [1.807, 2.05) is 0 Å². The second-order valence-electron chi connectivity index (χ2n) is 4.03. The van der Waals surface area contributed by atoms with E-state index in [2.05, 4.69) is 0 Å². The first-order valence-corrected chi connectivity index (χ1v) is 4.98. The van der Waals surface area contributed by atoms with Crippen LogP contribution in [0.2, 0.25) is 0 Å². The number of amides is 1. The minimum absolute atomic E-state index is 0.0338. The number of carbonyl (C=O) groups excluding carboxylic acids is 1. The van der Waals surface area contributed by atoms with Gasteiger partial charge in [0.25, 0.3) is 0 Å². The highest BCUT2D eigenvalue weighted by atomic mass is 16.5. The summed E-state index contributed by atoms with van der Waals surface area (Å²) in [6, 6.07) is -0.180. The maximum Gasteiger partial charge on any atom is 0.229 e. The van der Waals surface area contributed by atoms with E-state index >= 15 is 0 Å². The Morgan fingerprint density at radius 3 is 2.79 bits per heavy atom. The minimum Gasteiger partial charge on any atom is -0.391 e. The van der Waals surface area contributed by atoms with E-state index in [1.165, 1.54) is 0 Å². The van der Waals surface area contributed by atoms with Crippen LogP contribution in [0.4, 0.5) is 0 Å². The summed E-state index contributed by atoms with van der Waals surface area (Å²) >= 11 is 0. The normalized spacial score (nSPS) is 37.9. The lowest BCUT2D eigenvalue weighted by molar-refractivity contribution is -0.135. The van der Waals surface area contributed by atoms with Gasteiger partial charge in [0, 0.05) is 19.1 Å². The Kier molecular flexibility index (Phi) is 2.71.